The Labute approximate surface area is 174 Å². The third kappa shape index (κ3) is 4.78. The van der Waals surface area contributed by atoms with Gasteiger partial charge in [0.2, 0.25) is 0 Å². The maximum absolute atomic E-state index is 12.5. The third-order valence-electron chi connectivity index (χ3n) is 4.64. The van der Waals surface area contributed by atoms with E-state index in [0.29, 0.717) is 25.5 Å². The number of pyridine rings is 1. The molecule has 0 radical (unpaired) electrons. The summed E-state index contributed by atoms with van der Waals surface area (Å²) in [5.74, 6) is 1.39. The number of fused-ring (bicyclic) bond motifs is 1. The summed E-state index contributed by atoms with van der Waals surface area (Å²) in [6, 6.07) is 21.0. The van der Waals surface area contributed by atoms with Crippen LogP contribution in [0.25, 0.3) is 10.9 Å². The highest BCUT2D eigenvalue weighted by atomic mass is 16.5. The number of rotatable bonds is 8. The number of benzene rings is 2. The number of carbonyl (C=O) groups excluding carboxylic acids is 1. The number of hydrogen-bond donors (Lipinski definition) is 2. The van der Waals surface area contributed by atoms with Gasteiger partial charge in [0, 0.05) is 29.7 Å². The predicted octanol–water partition coefficient (Wildman–Crippen LogP) is 4.47. The first kappa shape index (κ1) is 19.5. The lowest BCUT2D eigenvalue weighted by Crippen LogP contribution is -2.23. The molecule has 152 valence electrons. The van der Waals surface area contributed by atoms with Crippen molar-refractivity contribution >= 4 is 16.8 Å². The molecular weight excluding hydrogens is 378 g/mol. The molecule has 2 aromatic carbocycles. The number of H-pyrrole nitrogens is 1. The normalized spacial score (nSPS) is 10.7. The van der Waals surface area contributed by atoms with Gasteiger partial charge in [-0.25, -0.2) is 0 Å². The summed E-state index contributed by atoms with van der Waals surface area (Å²) >= 11 is 0. The van der Waals surface area contributed by atoms with Gasteiger partial charge in [-0.15, -0.1) is 0 Å². The Hall–Kier alpha value is -3.80. The van der Waals surface area contributed by atoms with E-state index in [2.05, 4.69) is 15.3 Å². The van der Waals surface area contributed by atoms with E-state index in [0.717, 1.165) is 33.7 Å². The van der Waals surface area contributed by atoms with Crippen LogP contribution in [0.4, 0.5) is 0 Å². The number of amides is 1. The Bertz CT molecular complexity index is 1120. The van der Waals surface area contributed by atoms with E-state index in [-0.39, 0.29) is 5.91 Å². The molecule has 4 aromatic rings. The topological polar surface area (TPSA) is 76.2 Å². The molecule has 2 aromatic heterocycles. The molecule has 0 aliphatic carbocycles. The Morgan fingerprint density at radius 1 is 1.00 bits per heavy atom. The van der Waals surface area contributed by atoms with Gasteiger partial charge in [0.05, 0.1) is 12.3 Å². The molecular formula is C24H23N3O3. The van der Waals surface area contributed by atoms with E-state index < -0.39 is 0 Å². The van der Waals surface area contributed by atoms with Gasteiger partial charge in [-0.2, -0.15) is 0 Å². The summed E-state index contributed by atoms with van der Waals surface area (Å²) in [6.45, 7) is 3.39. The molecule has 0 spiro atoms. The van der Waals surface area contributed by atoms with Gasteiger partial charge in [0.1, 0.15) is 23.8 Å². The van der Waals surface area contributed by atoms with Crippen molar-refractivity contribution in [3.05, 3.63) is 89.9 Å². The van der Waals surface area contributed by atoms with Crippen molar-refractivity contribution in [2.45, 2.75) is 20.1 Å². The second-order valence-corrected chi connectivity index (χ2v) is 6.80. The Balaban J connectivity index is 1.32. The number of ether oxygens (including phenoxy) is 2. The van der Waals surface area contributed by atoms with Crippen molar-refractivity contribution in [1.29, 1.82) is 0 Å². The van der Waals surface area contributed by atoms with Crippen LogP contribution in [-0.4, -0.2) is 22.5 Å². The quantitative estimate of drug-likeness (QED) is 0.457. The standard InChI is InChI=1S/C24H23N3O3/c1-2-29-21-11-8-18-13-23(27-22(18)14-21)24(28)26-15-17-6-9-20(10-7-17)30-16-19-5-3-4-12-25-19/h3-14,27H,2,15-16H2,1H3,(H,26,28). The zero-order valence-corrected chi connectivity index (χ0v) is 16.7. The smallest absolute Gasteiger partial charge is 0.267 e. The molecule has 0 fully saturated rings. The summed E-state index contributed by atoms with van der Waals surface area (Å²) < 4.78 is 11.2. The molecule has 0 bridgehead atoms. The number of carbonyl (C=O) groups is 1. The third-order valence-corrected chi connectivity index (χ3v) is 4.64. The van der Waals surface area contributed by atoms with Crippen LogP contribution in [0.5, 0.6) is 11.5 Å². The molecule has 2 N–H and O–H groups in total. The number of nitrogens with one attached hydrogen (secondary N) is 2. The lowest BCUT2D eigenvalue weighted by molar-refractivity contribution is 0.0946. The summed E-state index contributed by atoms with van der Waals surface area (Å²) in [5, 5.41) is 3.91. The minimum Gasteiger partial charge on any atom is -0.494 e. The highest BCUT2D eigenvalue weighted by Gasteiger charge is 2.10. The van der Waals surface area contributed by atoms with Crippen molar-refractivity contribution in [1.82, 2.24) is 15.3 Å². The maximum Gasteiger partial charge on any atom is 0.267 e. The number of nitrogens with zero attached hydrogens (tertiary/aromatic N) is 1. The van der Waals surface area contributed by atoms with E-state index in [9.17, 15) is 4.79 Å². The van der Waals surface area contributed by atoms with Crippen LogP contribution in [0.1, 0.15) is 28.7 Å². The fourth-order valence-electron chi connectivity index (χ4n) is 3.11. The minimum absolute atomic E-state index is 0.153. The summed E-state index contributed by atoms with van der Waals surface area (Å²) in [4.78, 5) is 19.9. The van der Waals surface area contributed by atoms with E-state index in [4.69, 9.17) is 9.47 Å². The van der Waals surface area contributed by atoms with Gasteiger partial charge in [0.15, 0.2) is 0 Å². The first-order valence-electron chi connectivity index (χ1n) is 9.86. The lowest BCUT2D eigenvalue weighted by atomic mass is 10.2. The molecule has 0 aliphatic rings. The van der Waals surface area contributed by atoms with Crippen LogP contribution in [-0.2, 0) is 13.2 Å². The second kappa shape index (κ2) is 9.13. The molecule has 0 saturated carbocycles. The molecule has 0 unspecified atom stereocenters. The number of aromatic amines is 1. The van der Waals surface area contributed by atoms with Gasteiger partial charge in [-0.05, 0) is 55.0 Å². The van der Waals surface area contributed by atoms with Crippen LogP contribution >= 0.6 is 0 Å². The Kier molecular flexibility index (Phi) is 5.94. The molecule has 6 nitrogen and oxygen atoms in total. The number of aromatic nitrogens is 2. The van der Waals surface area contributed by atoms with Crippen molar-refractivity contribution in [2.24, 2.45) is 0 Å². The maximum atomic E-state index is 12.5. The molecule has 1 amide bonds. The summed E-state index contributed by atoms with van der Waals surface area (Å²) in [7, 11) is 0. The summed E-state index contributed by atoms with van der Waals surface area (Å²) in [6.07, 6.45) is 1.75. The predicted molar refractivity (Wildman–Crippen MR) is 116 cm³/mol. The molecule has 6 heteroatoms. The van der Waals surface area contributed by atoms with Crippen LogP contribution in [0.2, 0.25) is 0 Å². The van der Waals surface area contributed by atoms with Crippen LogP contribution < -0.4 is 14.8 Å². The summed E-state index contributed by atoms with van der Waals surface area (Å²) in [5.41, 5.74) is 3.26. The highest BCUT2D eigenvalue weighted by molar-refractivity contribution is 5.98. The number of hydrogen-bond acceptors (Lipinski definition) is 4. The first-order valence-corrected chi connectivity index (χ1v) is 9.86. The van der Waals surface area contributed by atoms with Gasteiger partial charge in [-0.1, -0.05) is 18.2 Å². The van der Waals surface area contributed by atoms with Crippen molar-refractivity contribution in [2.75, 3.05) is 6.61 Å². The molecule has 4 rings (SSSR count). The largest absolute Gasteiger partial charge is 0.494 e. The van der Waals surface area contributed by atoms with Gasteiger partial charge in [0.25, 0.3) is 5.91 Å². The molecule has 0 saturated heterocycles. The molecule has 0 atom stereocenters. The zero-order chi connectivity index (χ0) is 20.8. The van der Waals surface area contributed by atoms with Crippen LogP contribution in [0.3, 0.4) is 0 Å². The average Bonchev–Trinajstić information content (AvgIpc) is 3.21. The first-order chi connectivity index (χ1) is 14.7. The van der Waals surface area contributed by atoms with Crippen LogP contribution in [0.15, 0.2) is 72.9 Å². The fourth-order valence-corrected chi connectivity index (χ4v) is 3.11. The minimum atomic E-state index is -0.153. The van der Waals surface area contributed by atoms with Crippen molar-refractivity contribution in [3.63, 3.8) is 0 Å². The Morgan fingerprint density at radius 3 is 2.60 bits per heavy atom. The average molecular weight is 401 g/mol. The van der Waals surface area contributed by atoms with Crippen LogP contribution in [0, 0.1) is 0 Å². The van der Waals surface area contributed by atoms with Gasteiger partial charge >= 0.3 is 0 Å². The van der Waals surface area contributed by atoms with E-state index in [1.165, 1.54) is 0 Å². The van der Waals surface area contributed by atoms with E-state index in [1.54, 1.807) is 6.20 Å². The fraction of sp³-hybridized carbons (Fsp3) is 0.167. The molecule has 30 heavy (non-hydrogen) atoms. The van der Waals surface area contributed by atoms with Gasteiger partial charge in [-0.3, -0.25) is 9.78 Å². The second-order valence-electron chi connectivity index (χ2n) is 6.80. The Morgan fingerprint density at radius 2 is 1.83 bits per heavy atom. The van der Waals surface area contributed by atoms with Gasteiger partial charge < -0.3 is 19.8 Å². The van der Waals surface area contributed by atoms with Crippen molar-refractivity contribution < 1.29 is 14.3 Å². The zero-order valence-electron chi connectivity index (χ0n) is 16.7. The molecule has 2 heterocycles. The van der Waals surface area contributed by atoms with E-state index >= 15 is 0 Å². The van der Waals surface area contributed by atoms with Crippen molar-refractivity contribution in [3.8, 4) is 11.5 Å². The molecule has 0 aliphatic heterocycles. The van der Waals surface area contributed by atoms with E-state index in [1.807, 2.05) is 73.7 Å². The highest BCUT2D eigenvalue weighted by Crippen LogP contribution is 2.21. The lowest BCUT2D eigenvalue weighted by Gasteiger charge is -2.08. The monoisotopic (exact) mass is 401 g/mol. The SMILES string of the molecule is CCOc1ccc2cc(C(=O)NCc3ccc(OCc4ccccn4)cc3)[nH]c2c1.